The van der Waals surface area contributed by atoms with Crippen molar-refractivity contribution in [1.29, 1.82) is 0 Å². The largest absolute Gasteiger partial charge is 0.508 e. The number of halogens is 1. The van der Waals surface area contributed by atoms with E-state index >= 15 is 0 Å². The van der Waals surface area contributed by atoms with Crippen molar-refractivity contribution < 1.29 is 9.90 Å². The zero-order valence-electron chi connectivity index (χ0n) is 19.0. The van der Waals surface area contributed by atoms with Crippen molar-refractivity contribution >= 4 is 50.7 Å². The number of unbranched alkanes of at least 4 members (excludes halogenated alkanes) is 2. The second-order valence-electron chi connectivity index (χ2n) is 8.86. The Balaban J connectivity index is 1.17. The Bertz CT molecular complexity index is 1290. The molecule has 0 saturated carbocycles. The Morgan fingerprint density at radius 2 is 1.71 bits per heavy atom. The number of rotatable bonds is 8. The lowest BCUT2D eigenvalue weighted by molar-refractivity contribution is -0.118. The molecule has 34 heavy (non-hydrogen) atoms. The fraction of sp³-hybridized carbons (Fsp3) is 0.286. The van der Waals surface area contributed by atoms with Crippen LogP contribution >= 0.6 is 11.6 Å². The number of hydrogen-bond acceptors (Lipinski definition) is 4. The minimum atomic E-state index is 0.0959. The predicted octanol–water partition coefficient (Wildman–Crippen LogP) is 6.44. The lowest BCUT2D eigenvalue weighted by Crippen LogP contribution is -2.29. The summed E-state index contributed by atoms with van der Waals surface area (Å²) in [5, 5.41) is 15.8. The molecule has 0 radical (unpaired) electrons. The number of benzene rings is 3. The molecular formula is C28H28ClN3O2. The zero-order valence-corrected chi connectivity index (χ0v) is 19.8. The Kier molecular flexibility index (Phi) is 6.54. The minimum Gasteiger partial charge on any atom is -0.508 e. The van der Waals surface area contributed by atoms with E-state index < -0.39 is 0 Å². The molecule has 0 bridgehead atoms. The van der Waals surface area contributed by atoms with E-state index in [1.54, 1.807) is 17.0 Å². The smallest absolute Gasteiger partial charge is 0.227 e. The SMILES string of the molecule is O=C(CCCCCNc1c2ccccc2nc2ccccc12)N1CC(CCl)c2ccc(O)cc21. The van der Waals surface area contributed by atoms with Crippen LogP contribution in [0.25, 0.3) is 21.8 Å². The van der Waals surface area contributed by atoms with Gasteiger partial charge in [-0.15, -0.1) is 11.6 Å². The van der Waals surface area contributed by atoms with Gasteiger partial charge in [0.25, 0.3) is 0 Å². The topological polar surface area (TPSA) is 65.5 Å². The Hall–Kier alpha value is -3.31. The van der Waals surface area contributed by atoms with Gasteiger partial charge < -0.3 is 15.3 Å². The maximum Gasteiger partial charge on any atom is 0.227 e. The van der Waals surface area contributed by atoms with Crippen molar-refractivity contribution in [3.8, 4) is 5.75 Å². The van der Waals surface area contributed by atoms with Gasteiger partial charge in [0.1, 0.15) is 5.75 Å². The molecule has 3 aromatic carbocycles. The fourth-order valence-electron chi connectivity index (χ4n) is 4.85. The van der Waals surface area contributed by atoms with E-state index in [4.69, 9.17) is 16.6 Å². The van der Waals surface area contributed by atoms with Gasteiger partial charge in [-0.25, -0.2) is 4.98 Å². The van der Waals surface area contributed by atoms with E-state index in [1.165, 1.54) is 0 Å². The number of aromatic nitrogens is 1. The van der Waals surface area contributed by atoms with Crippen LogP contribution in [-0.2, 0) is 4.79 Å². The first kappa shape index (κ1) is 22.5. The van der Waals surface area contributed by atoms with Gasteiger partial charge in [-0.2, -0.15) is 0 Å². The van der Waals surface area contributed by atoms with Gasteiger partial charge in [0.05, 0.1) is 22.4 Å². The van der Waals surface area contributed by atoms with E-state index in [1.807, 2.05) is 42.5 Å². The molecule has 0 aliphatic carbocycles. The summed E-state index contributed by atoms with van der Waals surface area (Å²) in [5.74, 6) is 0.856. The fourth-order valence-corrected chi connectivity index (χ4v) is 5.12. The number of nitrogens with zero attached hydrogens (tertiary/aromatic N) is 2. The highest BCUT2D eigenvalue weighted by Crippen LogP contribution is 2.39. The molecule has 0 fully saturated rings. The molecule has 1 aliphatic heterocycles. The second kappa shape index (κ2) is 9.90. The summed E-state index contributed by atoms with van der Waals surface area (Å²) >= 11 is 6.12. The molecule has 6 heteroatoms. The lowest BCUT2D eigenvalue weighted by Gasteiger charge is -2.18. The Morgan fingerprint density at radius 1 is 1.00 bits per heavy atom. The first-order valence-electron chi connectivity index (χ1n) is 11.9. The molecule has 1 amide bonds. The van der Waals surface area contributed by atoms with Crippen LogP contribution in [0.5, 0.6) is 5.75 Å². The van der Waals surface area contributed by atoms with Gasteiger partial charge in [0, 0.05) is 48.1 Å². The number of para-hydroxylation sites is 2. The summed E-state index contributed by atoms with van der Waals surface area (Å²) in [6.45, 7) is 1.42. The summed E-state index contributed by atoms with van der Waals surface area (Å²) in [7, 11) is 0. The number of pyridine rings is 1. The number of carbonyl (C=O) groups is 1. The van der Waals surface area contributed by atoms with E-state index in [0.717, 1.165) is 64.6 Å². The molecule has 5 rings (SSSR count). The lowest BCUT2D eigenvalue weighted by atomic mass is 10.0. The van der Waals surface area contributed by atoms with E-state index in [0.29, 0.717) is 18.8 Å². The standard InChI is InChI=1S/C28H28ClN3O2/c29-17-19-18-32(26-16-20(33)13-14-21(19)26)27(34)12-2-1-7-15-30-28-22-8-3-5-10-24(22)31-25-11-6-4-9-23(25)28/h3-6,8-11,13-14,16,19,33H,1-2,7,12,15,17-18H2,(H,30,31). The van der Waals surface area contributed by atoms with Crippen LogP contribution in [0.15, 0.2) is 66.7 Å². The van der Waals surface area contributed by atoms with Crippen LogP contribution < -0.4 is 10.2 Å². The number of phenolic OH excluding ortho intramolecular Hbond substituents is 1. The Morgan fingerprint density at radius 3 is 2.41 bits per heavy atom. The monoisotopic (exact) mass is 473 g/mol. The zero-order chi connectivity index (χ0) is 23.5. The van der Waals surface area contributed by atoms with Crippen LogP contribution in [0.2, 0.25) is 0 Å². The number of aromatic hydroxyl groups is 1. The van der Waals surface area contributed by atoms with Gasteiger partial charge in [-0.3, -0.25) is 4.79 Å². The Labute approximate surface area is 204 Å². The van der Waals surface area contributed by atoms with Crippen LogP contribution in [0.1, 0.15) is 37.2 Å². The molecule has 0 spiro atoms. The number of fused-ring (bicyclic) bond motifs is 3. The van der Waals surface area contributed by atoms with Gasteiger partial charge in [0.15, 0.2) is 0 Å². The van der Waals surface area contributed by atoms with Gasteiger partial charge in [-0.1, -0.05) is 48.9 Å². The van der Waals surface area contributed by atoms with Crippen molar-refractivity contribution in [2.75, 3.05) is 29.2 Å². The van der Waals surface area contributed by atoms with Gasteiger partial charge in [0.2, 0.25) is 5.91 Å². The first-order chi connectivity index (χ1) is 16.7. The average molecular weight is 474 g/mol. The molecular weight excluding hydrogens is 446 g/mol. The van der Waals surface area contributed by atoms with Crippen LogP contribution in [0.3, 0.4) is 0 Å². The number of hydrogen-bond donors (Lipinski definition) is 2. The molecule has 2 N–H and O–H groups in total. The quantitative estimate of drug-likeness (QED) is 0.176. The molecule has 5 nitrogen and oxygen atoms in total. The molecule has 4 aromatic rings. The third-order valence-corrected chi connectivity index (χ3v) is 6.96. The summed E-state index contributed by atoms with van der Waals surface area (Å²) in [5.41, 5.74) is 4.94. The van der Waals surface area contributed by atoms with Crippen molar-refractivity contribution in [2.24, 2.45) is 0 Å². The molecule has 1 aromatic heterocycles. The molecule has 0 saturated heterocycles. The summed E-state index contributed by atoms with van der Waals surface area (Å²) in [6.07, 6.45) is 3.25. The predicted molar refractivity (Wildman–Crippen MR) is 140 cm³/mol. The second-order valence-corrected chi connectivity index (χ2v) is 9.17. The highest BCUT2D eigenvalue weighted by Gasteiger charge is 2.31. The number of alkyl halides is 1. The van der Waals surface area contributed by atoms with Crippen molar-refractivity contribution in [3.05, 3.63) is 72.3 Å². The average Bonchev–Trinajstić information content (AvgIpc) is 3.23. The van der Waals surface area contributed by atoms with Crippen LogP contribution in [0, 0.1) is 0 Å². The maximum atomic E-state index is 12.9. The van der Waals surface area contributed by atoms with E-state index in [-0.39, 0.29) is 17.6 Å². The summed E-state index contributed by atoms with van der Waals surface area (Å²) < 4.78 is 0. The highest BCUT2D eigenvalue weighted by molar-refractivity contribution is 6.18. The number of carbonyl (C=O) groups excluding carboxylic acids is 1. The first-order valence-corrected chi connectivity index (χ1v) is 12.4. The van der Waals surface area contributed by atoms with Gasteiger partial charge in [-0.05, 0) is 36.6 Å². The number of nitrogens with one attached hydrogen (secondary N) is 1. The molecule has 174 valence electrons. The van der Waals surface area contributed by atoms with Crippen molar-refractivity contribution in [3.63, 3.8) is 0 Å². The number of phenols is 1. The van der Waals surface area contributed by atoms with Crippen LogP contribution in [-0.4, -0.2) is 35.0 Å². The molecule has 1 aliphatic rings. The minimum absolute atomic E-state index is 0.0959. The normalized spacial score (nSPS) is 15.1. The van der Waals surface area contributed by atoms with Crippen molar-refractivity contribution in [2.45, 2.75) is 31.6 Å². The van der Waals surface area contributed by atoms with Crippen molar-refractivity contribution in [1.82, 2.24) is 4.98 Å². The van der Waals surface area contributed by atoms with Crippen LogP contribution in [0.4, 0.5) is 11.4 Å². The molecule has 1 atom stereocenters. The third-order valence-electron chi connectivity index (χ3n) is 6.59. The molecule has 2 heterocycles. The van der Waals surface area contributed by atoms with Gasteiger partial charge >= 0.3 is 0 Å². The maximum absolute atomic E-state index is 12.9. The number of anilines is 2. The van der Waals surface area contributed by atoms with E-state index in [2.05, 4.69) is 17.4 Å². The summed E-state index contributed by atoms with van der Waals surface area (Å²) in [6, 6.07) is 21.6. The highest BCUT2D eigenvalue weighted by atomic mass is 35.5. The molecule has 1 unspecified atom stereocenters. The van der Waals surface area contributed by atoms with E-state index in [9.17, 15) is 9.90 Å². The third kappa shape index (κ3) is 4.40. The number of amides is 1. The summed E-state index contributed by atoms with van der Waals surface area (Å²) in [4.78, 5) is 19.5.